The van der Waals surface area contributed by atoms with Crippen molar-refractivity contribution < 1.29 is 14.3 Å². The number of fused-ring (bicyclic) bond motifs is 1. The largest absolute Gasteiger partial charge is 0.497 e. The first-order valence-electron chi connectivity index (χ1n) is 8.92. The molecule has 0 radical (unpaired) electrons. The third-order valence-corrected chi connectivity index (χ3v) is 6.34. The molecule has 3 heterocycles. The molecular weight excluding hydrogens is 350 g/mol. The lowest BCUT2D eigenvalue weighted by molar-refractivity contribution is -0.121. The molecule has 1 saturated heterocycles. The fourth-order valence-corrected chi connectivity index (χ4v) is 4.94. The molecule has 6 nitrogen and oxygen atoms in total. The van der Waals surface area contributed by atoms with Gasteiger partial charge >= 0.3 is 0 Å². The Morgan fingerprint density at radius 3 is 2.77 bits per heavy atom. The minimum atomic E-state index is -0.0774. The summed E-state index contributed by atoms with van der Waals surface area (Å²) in [6.07, 6.45) is 2.82. The molecule has 0 spiro atoms. The predicted octanol–water partition coefficient (Wildman–Crippen LogP) is 2.91. The van der Waals surface area contributed by atoms with E-state index in [-0.39, 0.29) is 11.8 Å². The Labute approximate surface area is 157 Å². The molecule has 1 atom stereocenters. The van der Waals surface area contributed by atoms with Crippen molar-refractivity contribution in [2.45, 2.75) is 31.7 Å². The molecule has 1 amide bonds. The number of carbonyl (C=O) groups excluding carboxylic acids is 1. The molecule has 1 fully saturated rings. The van der Waals surface area contributed by atoms with Crippen molar-refractivity contribution in [3.05, 3.63) is 34.3 Å². The number of nitrogens with zero attached hydrogens (tertiary/aromatic N) is 2. The molecule has 0 saturated carbocycles. The van der Waals surface area contributed by atoms with Crippen LogP contribution < -0.4 is 19.7 Å². The molecule has 1 aromatic heterocycles. The van der Waals surface area contributed by atoms with Crippen LogP contribution in [-0.2, 0) is 11.3 Å². The van der Waals surface area contributed by atoms with Crippen molar-refractivity contribution in [1.82, 2.24) is 10.3 Å². The Morgan fingerprint density at radius 2 is 2.04 bits per heavy atom. The Hall–Kier alpha value is -2.28. The van der Waals surface area contributed by atoms with E-state index in [9.17, 15) is 4.79 Å². The predicted molar refractivity (Wildman–Crippen MR) is 101 cm³/mol. The molecule has 1 unspecified atom stereocenters. The van der Waals surface area contributed by atoms with E-state index in [1.165, 1.54) is 12.8 Å². The van der Waals surface area contributed by atoms with Crippen LogP contribution in [0.25, 0.3) is 0 Å². The second-order valence-corrected chi connectivity index (χ2v) is 7.65. The third kappa shape index (κ3) is 3.11. The fourth-order valence-electron chi connectivity index (χ4n) is 3.69. The molecule has 0 aliphatic carbocycles. The van der Waals surface area contributed by atoms with E-state index < -0.39 is 0 Å². The number of carbonyl (C=O) groups is 1. The summed E-state index contributed by atoms with van der Waals surface area (Å²) in [5, 5.41) is 4.05. The lowest BCUT2D eigenvalue weighted by atomic mass is 9.92. The van der Waals surface area contributed by atoms with E-state index in [0.717, 1.165) is 45.9 Å². The van der Waals surface area contributed by atoms with Gasteiger partial charge in [-0.25, -0.2) is 4.98 Å². The van der Waals surface area contributed by atoms with Crippen LogP contribution in [-0.4, -0.2) is 38.2 Å². The molecule has 26 heavy (non-hydrogen) atoms. The number of benzene rings is 1. The van der Waals surface area contributed by atoms with Crippen molar-refractivity contribution in [3.8, 4) is 11.5 Å². The number of nitrogens with one attached hydrogen (secondary N) is 1. The van der Waals surface area contributed by atoms with E-state index in [4.69, 9.17) is 14.5 Å². The van der Waals surface area contributed by atoms with Gasteiger partial charge in [0.15, 0.2) is 5.13 Å². The molecule has 7 heteroatoms. The second kappa shape index (κ2) is 7.15. The average molecular weight is 373 g/mol. The van der Waals surface area contributed by atoms with Crippen LogP contribution in [0.1, 0.15) is 41.3 Å². The van der Waals surface area contributed by atoms with Gasteiger partial charge < -0.3 is 19.7 Å². The Bertz CT molecular complexity index is 814. The standard InChI is InChI=1S/C19H23N3O3S/c1-24-12-5-6-16(25-2)13(9-12)14-10-17(23)20-11-15-18(14)26-19(21-15)22-7-3-4-8-22/h5-6,9,14H,3-4,7-8,10-11H2,1-2H3,(H,20,23). The first kappa shape index (κ1) is 17.1. The molecule has 2 aliphatic heterocycles. The Kier molecular flexibility index (Phi) is 4.72. The van der Waals surface area contributed by atoms with E-state index >= 15 is 0 Å². The van der Waals surface area contributed by atoms with Crippen LogP contribution in [0.4, 0.5) is 5.13 Å². The van der Waals surface area contributed by atoms with Gasteiger partial charge in [-0.2, -0.15) is 0 Å². The van der Waals surface area contributed by atoms with E-state index in [0.29, 0.717) is 13.0 Å². The zero-order valence-electron chi connectivity index (χ0n) is 15.1. The monoisotopic (exact) mass is 373 g/mol. The molecule has 0 bridgehead atoms. The van der Waals surface area contributed by atoms with Crippen LogP contribution in [0.2, 0.25) is 0 Å². The van der Waals surface area contributed by atoms with Gasteiger partial charge in [0.05, 0.1) is 26.5 Å². The molecule has 2 aromatic rings. The van der Waals surface area contributed by atoms with Gasteiger partial charge in [-0.05, 0) is 31.0 Å². The number of ether oxygens (including phenoxy) is 2. The van der Waals surface area contributed by atoms with E-state index in [1.54, 1.807) is 25.6 Å². The van der Waals surface area contributed by atoms with Crippen molar-refractivity contribution in [3.63, 3.8) is 0 Å². The van der Waals surface area contributed by atoms with Crippen molar-refractivity contribution in [2.75, 3.05) is 32.2 Å². The smallest absolute Gasteiger partial charge is 0.221 e. The summed E-state index contributed by atoms with van der Waals surface area (Å²) in [7, 11) is 3.31. The van der Waals surface area contributed by atoms with Gasteiger partial charge in [0.1, 0.15) is 11.5 Å². The average Bonchev–Trinajstić information content (AvgIpc) is 3.31. The maximum atomic E-state index is 12.3. The van der Waals surface area contributed by atoms with Gasteiger partial charge in [0.2, 0.25) is 5.91 Å². The highest BCUT2D eigenvalue weighted by Gasteiger charge is 2.31. The van der Waals surface area contributed by atoms with Gasteiger partial charge in [0.25, 0.3) is 0 Å². The van der Waals surface area contributed by atoms with Crippen molar-refractivity contribution in [2.24, 2.45) is 0 Å². The highest BCUT2D eigenvalue weighted by Crippen LogP contribution is 2.43. The topological polar surface area (TPSA) is 63.7 Å². The summed E-state index contributed by atoms with van der Waals surface area (Å²) >= 11 is 1.71. The summed E-state index contributed by atoms with van der Waals surface area (Å²) in [5.74, 6) is 1.49. The minimum Gasteiger partial charge on any atom is -0.497 e. The third-order valence-electron chi connectivity index (χ3n) is 5.06. The van der Waals surface area contributed by atoms with Crippen LogP contribution in [0, 0.1) is 0 Å². The SMILES string of the molecule is COc1ccc(OC)c(C2CC(=O)NCc3nc(N4CCCC4)sc32)c1. The summed E-state index contributed by atoms with van der Waals surface area (Å²) in [4.78, 5) is 20.7. The number of rotatable bonds is 4. The highest BCUT2D eigenvalue weighted by molar-refractivity contribution is 7.15. The van der Waals surface area contributed by atoms with Crippen LogP contribution in [0.5, 0.6) is 11.5 Å². The zero-order valence-corrected chi connectivity index (χ0v) is 15.9. The Balaban J connectivity index is 1.79. The first-order valence-corrected chi connectivity index (χ1v) is 9.74. The molecule has 2 aliphatic rings. The van der Waals surface area contributed by atoms with E-state index in [1.807, 2.05) is 18.2 Å². The summed E-state index contributed by atoms with van der Waals surface area (Å²) in [5.41, 5.74) is 1.94. The summed E-state index contributed by atoms with van der Waals surface area (Å²) < 4.78 is 11.0. The van der Waals surface area contributed by atoms with Gasteiger partial charge in [0, 0.05) is 35.9 Å². The molecule has 1 aromatic carbocycles. The second-order valence-electron chi connectivity index (χ2n) is 6.64. The number of methoxy groups -OCH3 is 2. The number of hydrogen-bond acceptors (Lipinski definition) is 6. The molecule has 4 rings (SSSR count). The minimum absolute atomic E-state index is 0.0350. The summed E-state index contributed by atoms with van der Waals surface area (Å²) in [6, 6.07) is 5.75. The quantitative estimate of drug-likeness (QED) is 0.893. The van der Waals surface area contributed by atoms with Gasteiger partial charge in [-0.15, -0.1) is 11.3 Å². The van der Waals surface area contributed by atoms with Crippen LogP contribution in [0.15, 0.2) is 18.2 Å². The first-order chi connectivity index (χ1) is 12.7. The maximum Gasteiger partial charge on any atom is 0.221 e. The van der Waals surface area contributed by atoms with Crippen molar-refractivity contribution in [1.29, 1.82) is 0 Å². The molecule has 138 valence electrons. The van der Waals surface area contributed by atoms with Gasteiger partial charge in [-0.3, -0.25) is 4.79 Å². The van der Waals surface area contributed by atoms with E-state index in [2.05, 4.69) is 10.2 Å². The maximum absolute atomic E-state index is 12.3. The van der Waals surface area contributed by atoms with Crippen molar-refractivity contribution >= 4 is 22.4 Å². The molecular formula is C19H23N3O3S. The lowest BCUT2D eigenvalue weighted by Gasteiger charge is -2.18. The Morgan fingerprint density at radius 1 is 1.23 bits per heavy atom. The normalized spacial score (nSPS) is 19.7. The number of anilines is 1. The van der Waals surface area contributed by atoms with Gasteiger partial charge in [-0.1, -0.05) is 0 Å². The number of thiazole rings is 1. The number of aromatic nitrogens is 1. The zero-order chi connectivity index (χ0) is 18.1. The number of amides is 1. The van der Waals surface area contributed by atoms with Crippen LogP contribution >= 0.6 is 11.3 Å². The lowest BCUT2D eigenvalue weighted by Crippen LogP contribution is -2.22. The fraction of sp³-hybridized carbons (Fsp3) is 0.474. The number of hydrogen-bond donors (Lipinski definition) is 1. The molecule has 1 N–H and O–H groups in total. The summed E-state index contributed by atoms with van der Waals surface area (Å²) in [6.45, 7) is 2.61. The highest BCUT2D eigenvalue weighted by atomic mass is 32.1. The van der Waals surface area contributed by atoms with Crippen LogP contribution in [0.3, 0.4) is 0 Å².